The molecule has 0 saturated carbocycles. The van der Waals surface area contributed by atoms with Gasteiger partial charge in [0.25, 0.3) is 5.56 Å². The highest BCUT2D eigenvalue weighted by molar-refractivity contribution is 7.16. The molecule has 0 saturated heterocycles. The van der Waals surface area contributed by atoms with Gasteiger partial charge in [0.05, 0.1) is 21.8 Å². The van der Waals surface area contributed by atoms with Crippen LogP contribution >= 0.6 is 22.9 Å². The van der Waals surface area contributed by atoms with Gasteiger partial charge in [-0.15, -0.1) is 21.5 Å². The van der Waals surface area contributed by atoms with E-state index in [1.807, 2.05) is 48.7 Å². The van der Waals surface area contributed by atoms with Crippen LogP contribution in [0, 0.1) is 6.92 Å². The lowest BCUT2D eigenvalue weighted by Gasteiger charge is -2.15. The van der Waals surface area contributed by atoms with Gasteiger partial charge in [0, 0.05) is 18.5 Å². The number of hydrogen-bond donors (Lipinski definition) is 0. The predicted octanol–water partition coefficient (Wildman–Crippen LogP) is 3.24. The second kappa shape index (κ2) is 6.50. The molecule has 0 radical (unpaired) electrons. The van der Waals surface area contributed by atoms with Gasteiger partial charge in [-0.2, -0.15) is 0 Å². The number of fused-ring (bicyclic) bond motifs is 3. The lowest BCUT2D eigenvalue weighted by molar-refractivity contribution is 0.312. The molecular formula is C18H18ClN5OS. The van der Waals surface area contributed by atoms with Crippen molar-refractivity contribution >= 4 is 39.6 Å². The Morgan fingerprint density at radius 2 is 2.00 bits per heavy atom. The van der Waals surface area contributed by atoms with Crippen LogP contribution in [0.3, 0.4) is 0 Å². The van der Waals surface area contributed by atoms with Crippen LogP contribution in [-0.4, -0.2) is 31.1 Å². The standard InChI is InChI=1S/C18H18ClN5OS/c1-11-4-6-14-13(8-11)17(25)23(3)18-21-20-16(24(14)18)10-22(2)9-12-5-7-15(19)26-12/h4-8H,9-10H2,1-3H3. The van der Waals surface area contributed by atoms with E-state index in [9.17, 15) is 4.79 Å². The van der Waals surface area contributed by atoms with Crippen molar-refractivity contribution in [2.75, 3.05) is 7.05 Å². The average Bonchev–Trinajstić information content (AvgIpc) is 3.19. The van der Waals surface area contributed by atoms with Crippen LogP contribution in [-0.2, 0) is 20.1 Å². The molecule has 0 bridgehead atoms. The van der Waals surface area contributed by atoms with Gasteiger partial charge < -0.3 is 0 Å². The van der Waals surface area contributed by atoms with Crippen molar-refractivity contribution < 1.29 is 0 Å². The first-order valence-corrected chi connectivity index (χ1v) is 9.39. The van der Waals surface area contributed by atoms with Gasteiger partial charge in [-0.05, 0) is 38.2 Å². The number of nitrogens with zero attached hydrogens (tertiary/aromatic N) is 5. The highest BCUT2D eigenvalue weighted by Crippen LogP contribution is 2.23. The van der Waals surface area contributed by atoms with Gasteiger partial charge in [0.1, 0.15) is 0 Å². The molecule has 3 aromatic heterocycles. The summed E-state index contributed by atoms with van der Waals surface area (Å²) in [6.07, 6.45) is 0. The summed E-state index contributed by atoms with van der Waals surface area (Å²) in [5.41, 5.74) is 1.83. The second-order valence-electron chi connectivity index (χ2n) is 6.51. The number of aromatic nitrogens is 4. The Morgan fingerprint density at radius 3 is 2.73 bits per heavy atom. The van der Waals surface area contributed by atoms with Crippen LogP contribution in [0.15, 0.2) is 35.1 Å². The van der Waals surface area contributed by atoms with E-state index < -0.39 is 0 Å². The van der Waals surface area contributed by atoms with Crippen molar-refractivity contribution in [1.29, 1.82) is 0 Å². The maximum Gasteiger partial charge on any atom is 0.262 e. The molecule has 134 valence electrons. The Kier molecular flexibility index (Phi) is 4.30. The second-order valence-corrected chi connectivity index (χ2v) is 8.31. The number of benzene rings is 1. The minimum Gasteiger partial charge on any atom is -0.294 e. The van der Waals surface area contributed by atoms with Gasteiger partial charge in [-0.25, -0.2) is 0 Å². The zero-order valence-corrected chi connectivity index (χ0v) is 16.3. The molecule has 26 heavy (non-hydrogen) atoms. The van der Waals surface area contributed by atoms with Crippen LogP contribution in [0.4, 0.5) is 0 Å². The van der Waals surface area contributed by atoms with Crippen molar-refractivity contribution in [3.63, 3.8) is 0 Å². The molecule has 0 N–H and O–H groups in total. The van der Waals surface area contributed by atoms with E-state index in [2.05, 4.69) is 15.1 Å². The van der Waals surface area contributed by atoms with Gasteiger partial charge in [-0.3, -0.25) is 18.7 Å². The van der Waals surface area contributed by atoms with Crippen LogP contribution in [0.1, 0.15) is 16.3 Å². The molecule has 0 aliphatic heterocycles. The molecule has 0 aliphatic rings. The zero-order valence-electron chi connectivity index (χ0n) is 14.7. The number of rotatable bonds is 4. The Balaban J connectivity index is 1.78. The van der Waals surface area contributed by atoms with Crippen LogP contribution in [0.5, 0.6) is 0 Å². The molecule has 0 unspecified atom stereocenters. The van der Waals surface area contributed by atoms with Gasteiger partial charge in [-0.1, -0.05) is 23.2 Å². The Hall–Kier alpha value is -2.22. The van der Waals surface area contributed by atoms with E-state index in [-0.39, 0.29) is 5.56 Å². The molecule has 0 fully saturated rings. The van der Waals surface area contributed by atoms with Crippen molar-refractivity contribution in [2.45, 2.75) is 20.0 Å². The third-order valence-corrected chi connectivity index (χ3v) is 5.62. The summed E-state index contributed by atoms with van der Waals surface area (Å²) in [7, 11) is 3.76. The monoisotopic (exact) mass is 387 g/mol. The minimum atomic E-state index is -0.0586. The molecule has 3 heterocycles. The Morgan fingerprint density at radius 1 is 1.19 bits per heavy atom. The fraction of sp³-hybridized carbons (Fsp3) is 0.278. The number of hydrogen-bond acceptors (Lipinski definition) is 5. The van der Waals surface area contributed by atoms with Crippen molar-refractivity contribution in [3.05, 3.63) is 61.3 Å². The molecule has 4 rings (SSSR count). The molecule has 0 atom stereocenters. The highest BCUT2D eigenvalue weighted by atomic mass is 35.5. The van der Waals surface area contributed by atoms with Crippen LogP contribution in [0.25, 0.3) is 16.7 Å². The van der Waals surface area contributed by atoms with E-state index in [1.54, 1.807) is 23.0 Å². The van der Waals surface area contributed by atoms with E-state index in [0.717, 1.165) is 27.8 Å². The summed E-state index contributed by atoms with van der Waals surface area (Å²) in [5, 5.41) is 9.27. The minimum absolute atomic E-state index is 0.0586. The van der Waals surface area contributed by atoms with E-state index in [4.69, 9.17) is 11.6 Å². The first-order valence-electron chi connectivity index (χ1n) is 8.20. The summed E-state index contributed by atoms with van der Waals surface area (Å²) in [6, 6.07) is 9.83. The molecular weight excluding hydrogens is 370 g/mol. The summed E-state index contributed by atoms with van der Waals surface area (Å²) in [4.78, 5) is 16.0. The smallest absolute Gasteiger partial charge is 0.262 e. The summed E-state index contributed by atoms with van der Waals surface area (Å²) >= 11 is 7.59. The molecule has 0 spiro atoms. The Bertz CT molecular complexity index is 1180. The maximum atomic E-state index is 12.6. The van der Waals surface area contributed by atoms with Gasteiger partial charge in [0.2, 0.25) is 5.78 Å². The quantitative estimate of drug-likeness (QED) is 0.539. The summed E-state index contributed by atoms with van der Waals surface area (Å²) < 4.78 is 4.31. The highest BCUT2D eigenvalue weighted by Gasteiger charge is 2.16. The molecule has 0 amide bonds. The SMILES string of the molecule is Cc1ccc2c(c1)c(=O)n(C)c1nnc(CN(C)Cc3ccc(Cl)s3)n21. The number of halogens is 1. The molecule has 0 aliphatic carbocycles. The largest absolute Gasteiger partial charge is 0.294 e. The van der Waals surface area contributed by atoms with Gasteiger partial charge in [0.15, 0.2) is 5.82 Å². The number of thiophene rings is 1. The average molecular weight is 388 g/mol. The third kappa shape index (κ3) is 2.92. The summed E-state index contributed by atoms with van der Waals surface area (Å²) in [5.74, 6) is 1.35. The Labute approximate surface area is 159 Å². The summed E-state index contributed by atoms with van der Waals surface area (Å²) in [6.45, 7) is 3.36. The molecule has 6 nitrogen and oxygen atoms in total. The van der Waals surface area contributed by atoms with Gasteiger partial charge >= 0.3 is 0 Å². The predicted molar refractivity (Wildman–Crippen MR) is 105 cm³/mol. The fourth-order valence-electron chi connectivity index (χ4n) is 3.16. The van der Waals surface area contributed by atoms with Crippen LogP contribution in [0.2, 0.25) is 4.34 Å². The molecule has 4 aromatic rings. The zero-order chi connectivity index (χ0) is 18.4. The lowest BCUT2D eigenvalue weighted by atomic mass is 10.1. The molecule has 1 aromatic carbocycles. The van der Waals surface area contributed by atoms with Crippen LogP contribution < -0.4 is 5.56 Å². The maximum absolute atomic E-state index is 12.6. The van der Waals surface area contributed by atoms with Crippen molar-refractivity contribution in [1.82, 2.24) is 24.1 Å². The topological polar surface area (TPSA) is 55.4 Å². The normalized spacial score (nSPS) is 11.9. The molecule has 8 heteroatoms. The first kappa shape index (κ1) is 17.2. The third-order valence-electron chi connectivity index (χ3n) is 4.41. The first-order chi connectivity index (χ1) is 12.4. The lowest BCUT2D eigenvalue weighted by Crippen LogP contribution is -2.22. The van der Waals surface area contributed by atoms with E-state index >= 15 is 0 Å². The number of aryl methyl sites for hydroxylation is 2. The van der Waals surface area contributed by atoms with E-state index in [1.165, 1.54) is 4.88 Å². The van der Waals surface area contributed by atoms with E-state index in [0.29, 0.717) is 17.7 Å². The van der Waals surface area contributed by atoms with Crippen molar-refractivity contribution in [3.8, 4) is 0 Å². The fourth-order valence-corrected chi connectivity index (χ4v) is 4.33. The van der Waals surface area contributed by atoms with Crippen molar-refractivity contribution in [2.24, 2.45) is 7.05 Å².